The maximum absolute atomic E-state index is 13.5. The van der Waals surface area contributed by atoms with Crippen LogP contribution in [0.5, 0.6) is 0 Å². The van der Waals surface area contributed by atoms with Crippen LogP contribution in [-0.2, 0) is 16.6 Å². The summed E-state index contributed by atoms with van der Waals surface area (Å²) in [5, 5.41) is 0. The number of rotatable bonds is 4. The molecule has 0 aliphatic heterocycles. The molecule has 7 heteroatoms. The molecule has 5 nitrogen and oxygen atoms in total. The van der Waals surface area contributed by atoms with E-state index >= 15 is 0 Å². The van der Waals surface area contributed by atoms with Crippen molar-refractivity contribution in [3.63, 3.8) is 0 Å². The van der Waals surface area contributed by atoms with Gasteiger partial charge in [-0.25, -0.2) is 4.39 Å². The summed E-state index contributed by atoms with van der Waals surface area (Å²) in [5.41, 5.74) is 5.28. The van der Waals surface area contributed by atoms with Crippen molar-refractivity contribution in [1.29, 1.82) is 0 Å². The fraction of sp³-hybridized carbons (Fsp3) is 0.125. The van der Waals surface area contributed by atoms with Crippen LogP contribution in [0.4, 0.5) is 4.39 Å². The van der Waals surface area contributed by atoms with E-state index in [1.54, 1.807) is 30.5 Å². The van der Waals surface area contributed by atoms with Gasteiger partial charge in [0.25, 0.3) is 11.8 Å². The third kappa shape index (κ3) is 4.72. The second kappa shape index (κ2) is 7.64. The number of amides is 2. The molecule has 0 saturated heterocycles. The van der Waals surface area contributed by atoms with Gasteiger partial charge in [0.2, 0.25) is 0 Å². The third-order valence-corrected chi connectivity index (χ3v) is 3.71. The summed E-state index contributed by atoms with van der Waals surface area (Å²) in [7, 11) is -1.02. The number of carbonyl (C=O) groups is 2. The van der Waals surface area contributed by atoms with Gasteiger partial charge in [0.05, 0.1) is 5.56 Å². The van der Waals surface area contributed by atoms with Crippen molar-refractivity contribution in [1.82, 2.24) is 10.9 Å². The van der Waals surface area contributed by atoms with Gasteiger partial charge in [-0.2, -0.15) is 0 Å². The first-order valence-corrected chi connectivity index (χ1v) is 8.44. The Morgan fingerprint density at radius 2 is 1.74 bits per heavy atom. The first-order valence-electron chi connectivity index (χ1n) is 6.71. The second-order valence-corrected chi connectivity index (χ2v) is 6.24. The monoisotopic (exact) mass is 334 g/mol. The van der Waals surface area contributed by atoms with Crippen molar-refractivity contribution < 1.29 is 18.2 Å². The molecule has 0 aromatic heterocycles. The van der Waals surface area contributed by atoms with Crippen LogP contribution in [0, 0.1) is 5.82 Å². The summed E-state index contributed by atoms with van der Waals surface area (Å²) in [4.78, 5) is 23.8. The number of hydrogen-bond donors (Lipinski definition) is 2. The molecule has 0 heterocycles. The highest BCUT2D eigenvalue weighted by Crippen LogP contribution is 2.08. The fourth-order valence-corrected chi connectivity index (χ4v) is 2.58. The van der Waals surface area contributed by atoms with Crippen LogP contribution in [0.15, 0.2) is 48.5 Å². The van der Waals surface area contributed by atoms with Crippen molar-refractivity contribution in [3.8, 4) is 0 Å². The van der Waals surface area contributed by atoms with Gasteiger partial charge in [0, 0.05) is 28.4 Å². The molecule has 2 amide bonds. The van der Waals surface area contributed by atoms with Crippen LogP contribution in [0.3, 0.4) is 0 Å². The Morgan fingerprint density at radius 1 is 1.04 bits per heavy atom. The lowest BCUT2D eigenvalue weighted by Gasteiger charge is -2.09. The van der Waals surface area contributed by atoms with Crippen LogP contribution < -0.4 is 10.9 Å². The lowest BCUT2D eigenvalue weighted by atomic mass is 10.1. The van der Waals surface area contributed by atoms with Crippen LogP contribution in [0.1, 0.15) is 26.3 Å². The molecule has 120 valence electrons. The molecule has 1 unspecified atom stereocenters. The molecular weight excluding hydrogens is 319 g/mol. The zero-order valence-corrected chi connectivity index (χ0v) is 13.2. The molecule has 2 N–H and O–H groups in total. The van der Waals surface area contributed by atoms with Gasteiger partial charge >= 0.3 is 0 Å². The molecule has 0 saturated carbocycles. The average molecular weight is 334 g/mol. The van der Waals surface area contributed by atoms with Crippen LogP contribution in [0.25, 0.3) is 0 Å². The molecule has 0 aliphatic rings. The summed E-state index contributed by atoms with van der Waals surface area (Å²) in [5.74, 6) is -1.63. The standard InChI is InChI=1S/C16H15FN2O3S/c1-23(22)10-11-5-4-6-12(9-11)15(20)18-19-16(21)13-7-2-3-8-14(13)17/h2-9H,10H2,1H3,(H,18,20)(H,19,21). The first kappa shape index (κ1) is 16.8. The lowest BCUT2D eigenvalue weighted by Crippen LogP contribution is -2.42. The highest BCUT2D eigenvalue weighted by Gasteiger charge is 2.12. The highest BCUT2D eigenvalue weighted by molar-refractivity contribution is 7.83. The summed E-state index contributed by atoms with van der Waals surface area (Å²) in [6.45, 7) is 0. The fourth-order valence-electron chi connectivity index (χ4n) is 1.94. The Balaban J connectivity index is 2.01. The molecule has 2 aromatic carbocycles. The SMILES string of the molecule is CS(=O)Cc1cccc(C(=O)NNC(=O)c2ccccc2F)c1. The van der Waals surface area contributed by atoms with Gasteiger partial charge in [0.15, 0.2) is 0 Å². The predicted molar refractivity (Wildman–Crippen MR) is 85.5 cm³/mol. The Morgan fingerprint density at radius 3 is 2.43 bits per heavy atom. The minimum atomic E-state index is -1.02. The maximum Gasteiger partial charge on any atom is 0.272 e. The number of halogens is 1. The van der Waals surface area contributed by atoms with Crippen LogP contribution in [-0.4, -0.2) is 22.3 Å². The Labute approximate surface area is 135 Å². The number of hydrogen-bond acceptors (Lipinski definition) is 3. The molecule has 0 fully saturated rings. The summed E-state index contributed by atoms with van der Waals surface area (Å²) in [6, 6.07) is 12.0. The Kier molecular flexibility index (Phi) is 5.59. The van der Waals surface area contributed by atoms with E-state index in [1.807, 2.05) is 0 Å². The summed E-state index contributed by atoms with van der Waals surface area (Å²) < 4.78 is 24.7. The smallest absolute Gasteiger partial charge is 0.267 e. The molecule has 0 spiro atoms. The quantitative estimate of drug-likeness (QED) is 0.837. The molecule has 2 rings (SSSR count). The third-order valence-electron chi connectivity index (χ3n) is 2.97. The minimum absolute atomic E-state index is 0.164. The van der Waals surface area contributed by atoms with E-state index < -0.39 is 28.4 Å². The summed E-state index contributed by atoms with van der Waals surface area (Å²) >= 11 is 0. The maximum atomic E-state index is 13.5. The second-order valence-electron chi connectivity index (χ2n) is 4.81. The molecule has 0 radical (unpaired) electrons. The van der Waals surface area contributed by atoms with Gasteiger partial charge < -0.3 is 0 Å². The van der Waals surface area contributed by atoms with Crippen molar-refractivity contribution in [2.24, 2.45) is 0 Å². The van der Waals surface area contributed by atoms with Crippen LogP contribution >= 0.6 is 0 Å². The van der Waals surface area contributed by atoms with Crippen LogP contribution in [0.2, 0.25) is 0 Å². The van der Waals surface area contributed by atoms with Gasteiger partial charge in [-0.15, -0.1) is 0 Å². The lowest BCUT2D eigenvalue weighted by molar-refractivity contribution is 0.0844. The molecule has 0 aliphatic carbocycles. The predicted octanol–water partition coefficient (Wildman–Crippen LogP) is 1.78. The average Bonchev–Trinajstić information content (AvgIpc) is 2.52. The van der Waals surface area contributed by atoms with Crippen molar-refractivity contribution in [2.45, 2.75) is 5.75 Å². The number of benzene rings is 2. The van der Waals surface area contributed by atoms with E-state index in [0.717, 1.165) is 11.6 Å². The molecule has 23 heavy (non-hydrogen) atoms. The largest absolute Gasteiger partial charge is 0.272 e. The van der Waals surface area contributed by atoms with E-state index in [9.17, 15) is 18.2 Å². The van der Waals surface area contributed by atoms with E-state index in [-0.39, 0.29) is 5.56 Å². The Bertz CT molecular complexity index is 764. The minimum Gasteiger partial charge on any atom is -0.267 e. The van der Waals surface area contributed by atoms with E-state index in [2.05, 4.69) is 10.9 Å². The van der Waals surface area contributed by atoms with Crippen molar-refractivity contribution in [2.75, 3.05) is 6.26 Å². The number of hydrazine groups is 1. The molecule has 2 aromatic rings. The van der Waals surface area contributed by atoms with Crippen molar-refractivity contribution in [3.05, 3.63) is 71.0 Å². The van der Waals surface area contributed by atoms with E-state index in [1.165, 1.54) is 18.2 Å². The molecule has 1 atom stereocenters. The Hall–Kier alpha value is -2.54. The number of nitrogens with one attached hydrogen (secondary N) is 2. The summed E-state index contributed by atoms with van der Waals surface area (Å²) in [6.07, 6.45) is 1.57. The van der Waals surface area contributed by atoms with Gasteiger partial charge in [-0.1, -0.05) is 24.3 Å². The van der Waals surface area contributed by atoms with Gasteiger partial charge in [-0.3, -0.25) is 24.6 Å². The number of carbonyl (C=O) groups excluding carboxylic acids is 2. The zero-order valence-electron chi connectivity index (χ0n) is 12.3. The van der Waals surface area contributed by atoms with E-state index in [0.29, 0.717) is 11.3 Å². The highest BCUT2D eigenvalue weighted by atomic mass is 32.2. The van der Waals surface area contributed by atoms with Gasteiger partial charge in [-0.05, 0) is 29.8 Å². The topological polar surface area (TPSA) is 75.3 Å². The van der Waals surface area contributed by atoms with Gasteiger partial charge in [0.1, 0.15) is 5.82 Å². The molecule has 0 bridgehead atoms. The van der Waals surface area contributed by atoms with E-state index in [4.69, 9.17) is 0 Å². The first-order chi connectivity index (χ1) is 11.0. The normalized spacial score (nSPS) is 11.6. The zero-order chi connectivity index (χ0) is 16.8. The molecular formula is C16H15FN2O3S. The van der Waals surface area contributed by atoms with Crippen molar-refractivity contribution >= 4 is 22.6 Å².